The average molecular weight is 423 g/mol. The molecule has 30 heavy (non-hydrogen) atoms. The van der Waals surface area contributed by atoms with E-state index in [0.29, 0.717) is 11.4 Å². The minimum absolute atomic E-state index is 0.127. The van der Waals surface area contributed by atoms with Crippen LogP contribution in [0.4, 0.5) is 0 Å². The molecule has 0 radical (unpaired) electrons. The van der Waals surface area contributed by atoms with Crippen molar-refractivity contribution in [1.82, 2.24) is 18.8 Å². The summed E-state index contributed by atoms with van der Waals surface area (Å²) in [5, 5.41) is 3.66. The molecular weight excluding hydrogens is 400 g/mol. The molecule has 3 heterocycles. The molecule has 0 bridgehead atoms. The van der Waals surface area contributed by atoms with Gasteiger partial charge in [-0.25, -0.2) is 12.4 Å². The van der Waals surface area contributed by atoms with Gasteiger partial charge in [-0.1, -0.05) is 24.3 Å². The molecule has 0 atom stereocenters. The van der Waals surface area contributed by atoms with Crippen LogP contribution in [0, 0.1) is 5.92 Å². The lowest BCUT2D eigenvalue weighted by atomic mass is 10.2. The van der Waals surface area contributed by atoms with Crippen molar-refractivity contribution in [3.05, 3.63) is 66.1 Å². The van der Waals surface area contributed by atoms with E-state index in [1.807, 2.05) is 30.3 Å². The predicted molar refractivity (Wildman–Crippen MR) is 116 cm³/mol. The maximum absolute atomic E-state index is 13.0. The van der Waals surface area contributed by atoms with E-state index in [4.69, 9.17) is 0 Å². The highest BCUT2D eigenvalue weighted by atomic mass is 32.2. The summed E-state index contributed by atoms with van der Waals surface area (Å²) in [4.78, 5) is 17.1. The Morgan fingerprint density at radius 1 is 1.17 bits per heavy atom. The first-order chi connectivity index (χ1) is 14.4. The third-order valence-electron chi connectivity index (χ3n) is 5.56. The van der Waals surface area contributed by atoms with Crippen molar-refractivity contribution in [1.29, 1.82) is 0 Å². The number of aromatic nitrogens is 3. The van der Waals surface area contributed by atoms with Crippen molar-refractivity contribution in [3.8, 4) is 0 Å². The Bertz CT molecular complexity index is 1370. The molecular formula is C22H22N4O3S. The summed E-state index contributed by atoms with van der Waals surface area (Å²) >= 11 is 0. The predicted octanol–water partition coefficient (Wildman–Crippen LogP) is 3.14. The lowest BCUT2D eigenvalue weighted by Crippen LogP contribution is -2.27. The molecule has 0 aliphatic heterocycles. The van der Waals surface area contributed by atoms with Gasteiger partial charge in [0, 0.05) is 30.9 Å². The van der Waals surface area contributed by atoms with E-state index >= 15 is 0 Å². The summed E-state index contributed by atoms with van der Waals surface area (Å²) in [6, 6.07) is 13.1. The zero-order valence-electron chi connectivity index (χ0n) is 16.6. The zero-order chi connectivity index (χ0) is 20.9. The van der Waals surface area contributed by atoms with Gasteiger partial charge in [0.1, 0.15) is 5.69 Å². The van der Waals surface area contributed by atoms with Crippen molar-refractivity contribution in [2.24, 2.45) is 5.92 Å². The first-order valence-electron chi connectivity index (χ1n) is 9.94. The molecule has 4 aromatic rings. The number of amides is 1. The molecule has 3 aromatic heterocycles. The highest BCUT2D eigenvalue weighted by Gasteiger charge is 2.29. The maximum atomic E-state index is 13.0. The molecule has 1 amide bonds. The third-order valence-corrected chi connectivity index (χ3v) is 6.60. The largest absolute Gasteiger partial charge is 0.347 e. The fourth-order valence-electron chi connectivity index (χ4n) is 4.01. The molecule has 5 rings (SSSR count). The average Bonchev–Trinajstić information content (AvgIpc) is 3.38. The molecule has 1 aliphatic rings. The van der Waals surface area contributed by atoms with Crippen molar-refractivity contribution in [3.63, 3.8) is 0 Å². The van der Waals surface area contributed by atoms with Crippen molar-refractivity contribution in [2.45, 2.75) is 25.9 Å². The first kappa shape index (κ1) is 18.9. The van der Waals surface area contributed by atoms with Gasteiger partial charge in [-0.15, -0.1) is 0 Å². The topological polar surface area (TPSA) is 86.0 Å². The molecule has 0 unspecified atom stereocenters. The molecule has 0 spiro atoms. The van der Waals surface area contributed by atoms with E-state index in [1.165, 1.54) is 16.8 Å². The fraction of sp³-hybridized carbons (Fsp3) is 0.273. The quantitative estimate of drug-likeness (QED) is 0.517. The van der Waals surface area contributed by atoms with Crippen molar-refractivity contribution < 1.29 is 13.2 Å². The van der Waals surface area contributed by atoms with Crippen LogP contribution in [0.1, 0.15) is 28.9 Å². The molecule has 1 saturated carbocycles. The van der Waals surface area contributed by atoms with Gasteiger partial charge in [0.25, 0.3) is 5.91 Å². The van der Waals surface area contributed by atoms with Crippen LogP contribution in [0.25, 0.3) is 21.9 Å². The molecule has 154 valence electrons. The number of pyridine rings is 1. The Labute approximate surface area is 174 Å². The number of rotatable bonds is 6. The van der Waals surface area contributed by atoms with Crippen molar-refractivity contribution >= 4 is 37.9 Å². The minimum atomic E-state index is -3.71. The summed E-state index contributed by atoms with van der Waals surface area (Å²) < 4.78 is 28.9. The monoisotopic (exact) mass is 422 g/mol. The highest BCUT2D eigenvalue weighted by molar-refractivity contribution is 7.89. The van der Waals surface area contributed by atoms with Gasteiger partial charge in [0.2, 0.25) is 10.0 Å². The molecule has 1 fully saturated rings. The standard InChI is InChI=1S/C22H22N4O3S/c1-30(28,29)26-20(22(27)24-13-16-5-4-10-23-12-16)11-19-21(26)17-6-2-3-7-18(17)25(19)14-15-8-9-15/h2-7,10-12,15H,8-9,13-14H2,1H3,(H,24,27). The summed E-state index contributed by atoms with van der Waals surface area (Å²) in [6.45, 7) is 1.10. The van der Waals surface area contributed by atoms with Gasteiger partial charge in [0.05, 0.1) is 22.8 Å². The normalized spacial score (nSPS) is 14.4. The van der Waals surface area contributed by atoms with Crippen LogP contribution < -0.4 is 5.32 Å². The summed E-state index contributed by atoms with van der Waals surface area (Å²) in [5.41, 5.74) is 3.31. The number of carbonyl (C=O) groups is 1. The third kappa shape index (κ3) is 3.27. The van der Waals surface area contributed by atoms with Gasteiger partial charge in [-0.2, -0.15) is 0 Å². The number of benzene rings is 1. The number of fused-ring (bicyclic) bond motifs is 3. The van der Waals surface area contributed by atoms with E-state index in [2.05, 4.69) is 14.9 Å². The highest BCUT2D eigenvalue weighted by Crippen LogP contribution is 2.37. The minimum Gasteiger partial charge on any atom is -0.347 e. The Morgan fingerprint density at radius 2 is 1.97 bits per heavy atom. The smallest absolute Gasteiger partial charge is 0.269 e. The van der Waals surface area contributed by atoms with Gasteiger partial charge in [-0.05, 0) is 42.5 Å². The number of hydrogen-bond donors (Lipinski definition) is 1. The van der Waals surface area contributed by atoms with Crippen LogP contribution in [-0.2, 0) is 23.1 Å². The molecule has 1 N–H and O–H groups in total. The van der Waals surface area contributed by atoms with E-state index in [9.17, 15) is 13.2 Å². The Balaban J connectivity index is 1.65. The van der Waals surface area contributed by atoms with E-state index in [0.717, 1.165) is 34.8 Å². The zero-order valence-corrected chi connectivity index (χ0v) is 17.4. The van der Waals surface area contributed by atoms with E-state index in [1.54, 1.807) is 24.5 Å². The van der Waals surface area contributed by atoms with Crippen LogP contribution >= 0.6 is 0 Å². The molecule has 1 aromatic carbocycles. The van der Waals surface area contributed by atoms with Crippen LogP contribution in [0.3, 0.4) is 0 Å². The second-order valence-corrected chi connectivity index (χ2v) is 9.74. The van der Waals surface area contributed by atoms with Gasteiger partial charge >= 0.3 is 0 Å². The Hall–Kier alpha value is -3.13. The molecule has 1 aliphatic carbocycles. The van der Waals surface area contributed by atoms with E-state index in [-0.39, 0.29) is 12.2 Å². The van der Waals surface area contributed by atoms with E-state index < -0.39 is 15.9 Å². The lowest BCUT2D eigenvalue weighted by Gasteiger charge is -2.09. The molecule has 8 heteroatoms. The Morgan fingerprint density at radius 3 is 2.67 bits per heavy atom. The number of nitrogens with one attached hydrogen (secondary N) is 1. The number of hydrogen-bond acceptors (Lipinski definition) is 4. The summed E-state index contributed by atoms with van der Waals surface area (Å²) in [5.74, 6) is 0.177. The number of nitrogens with zero attached hydrogens (tertiary/aromatic N) is 3. The first-order valence-corrected chi connectivity index (χ1v) is 11.8. The number of para-hydroxylation sites is 1. The van der Waals surface area contributed by atoms with Gasteiger partial charge < -0.3 is 9.88 Å². The lowest BCUT2D eigenvalue weighted by molar-refractivity contribution is 0.0945. The number of carbonyl (C=O) groups excluding carboxylic acids is 1. The van der Waals surface area contributed by atoms with Gasteiger partial charge in [-0.3, -0.25) is 9.78 Å². The second kappa shape index (κ2) is 6.98. The van der Waals surface area contributed by atoms with Crippen LogP contribution in [-0.4, -0.2) is 34.1 Å². The Kier molecular flexibility index (Phi) is 4.39. The molecule has 0 saturated heterocycles. The second-order valence-electron chi connectivity index (χ2n) is 7.91. The van der Waals surface area contributed by atoms with Crippen LogP contribution in [0.5, 0.6) is 0 Å². The summed E-state index contributed by atoms with van der Waals surface area (Å²) in [7, 11) is -3.71. The fourth-order valence-corrected chi connectivity index (χ4v) is 5.02. The van der Waals surface area contributed by atoms with Gasteiger partial charge in [0.15, 0.2) is 0 Å². The summed E-state index contributed by atoms with van der Waals surface area (Å²) in [6.07, 6.45) is 6.83. The van der Waals surface area contributed by atoms with Crippen LogP contribution in [0.2, 0.25) is 0 Å². The van der Waals surface area contributed by atoms with Crippen molar-refractivity contribution in [2.75, 3.05) is 6.26 Å². The molecule has 7 nitrogen and oxygen atoms in total. The van der Waals surface area contributed by atoms with Crippen LogP contribution in [0.15, 0.2) is 54.9 Å². The maximum Gasteiger partial charge on any atom is 0.269 e. The SMILES string of the molecule is CS(=O)(=O)n1c(C(=O)NCc2cccnc2)cc2c1c1ccccc1n2CC1CC1.